The fraction of sp³-hybridized carbons (Fsp3) is 0.833. The Bertz CT molecular complexity index is 312. The van der Waals surface area contributed by atoms with E-state index >= 15 is 0 Å². The monoisotopic (exact) mass is 260 g/mol. The minimum atomic E-state index is -4.79. The molecule has 0 unspecified atom stereocenters. The highest BCUT2D eigenvalue weighted by Crippen LogP contribution is 2.05. The van der Waals surface area contributed by atoms with Crippen molar-refractivity contribution in [3.05, 3.63) is 0 Å². The van der Waals surface area contributed by atoms with Crippen LogP contribution in [0.3, 0.4) is 0 Å². The summed E-state index contributed by atoms with van der Waals surface area (Å²) in [6.07, 6.45) is -7.94. The third-order valence-corrected chi connectivity index (χ3v) is 2.06. The maximum absolute atomic E-state index is 10.1. The Morgan fingerprint density at radius 3 is 2.00 bits per heavy atom. The molecule has 0 amide bonds. The van der Waals surface area contributed by atoms with Crippen molar-refractivity contribution in [3.8, 4) is 0 Å². The van der Waals surface area contributed by atoms with Crippen molar-refractivity contribution in [1.29, 1.82) is 0 Å². The van der Waals surface area contributed by atoms with E-state index in [1.165, 1.54) is 0 Å². The highest BCUT2D eigenvalue weighted by Gasteiger charge is 2.31. The zero-order valence-corrected chi connectivity index (χ0v) is 8.69. The summed E-state index contributed by atoms with van der Waals surface area (Å²) in [5, 5.41) is 36.0. The van der Waals surface area contributed by atoms with Gasteiger partial charge in [0, 0.05) is 0 Å². The Morgan fingerprint density at radius 1 is 1.12 bits per heavy atom. The number of hydrogen-bond donors (Lipinski definition) is 5. The van der Waals surface area contributed by atoms with Crippen LogP contribution in [-0.2, 0) is 19.4 Å². The molecular formula is C6H12O9S. The second kappa shape index (κ2) is 6.20. The van der Waals surface area contributed by atoms with E-state index in [1.54, 1.807) is 0 Å². The number of rotatable bonds is 7. The molecule has 0 saturated heterocycles. The smallest absolute Gasteiger partial charge is 0.388 e. The largest absolute Gasteiger partial charge is 0.397 e. The van der Waals surface area contributed by atoms with Crippen LogP contribution in [0.4, 0.5) is 0 Å². The number of carbonyl (C=O) groups excluding carboxylic acids is 1. The molecule has 16 heavy (non-hydrogen) atoms. The van der Waals surface area contributed by atoms with Gasteiger partial charge in [-0.2, -0.15) is 8.42 Å². The summed E-state index contributed by atoms with van der Waals surface area (Å²) in [6.45, 7) is -1.04. The Hall–Kier alpha value is -0.620. The fourth-order valence-electron chi connectivity index (χ4n) is 0.764. The van der Waals surface area contributed by atoms with Gasteiger partial charge in [-0.3, -0.25) is 4.55 Å². The predicted octanol–water partition coefficient (Wildman–Crippen LogP) is -3.55. The lowest BCUT2D eigenvalue weighted by molar-refractivity contribution is -0.135. The maximum atomic E-state index is 10.1. The topological polar surface area (TPSA) is 162 Å². The molecule has 0 bridgehead atoms. The second-order valence-corrected chi connectivity index (χ2v) is 3.98. The van der Waals surface area contributed by atoms with Crippen molar-refractivity contribution >= 4 is 16.7 Å². The molecule has 0 aliphatic heterocycles. The first-order chi connectivity index (χ1) is 7.19. The number of hydrogen-bond acceptors (Lipinski definition) is 8. The molecule has 0 aromatic carbocycles. The van der Waals surface area contributed by atoms with Gasteiger partial charge in [0.2, 0.25) is 0 Å². The summed E-state index contributed by atoms with van der Waals surface area (Å²) in [6, 6.07) is 0. The first-order valence-electron chi connectivity index (χ1n) is 3.98. The van der Waals surface area contributed by atoms with Crippen molar-refractivity contribution in [2.75, 3.05) is 6.61 Å². The quantitative estimate of drug-likeness (QED) is 0.230. The third kappa shape index (κ3) is 5.46. The van der Waals surface area contributed by atoms with Crippen LogP contribution in [0.1, 0.15) is 0 Å². The van der Waals surface area contributed by atoms with Gasteiger partial charge >= 0.3 is 10.4 Å². The summed E-state index contributed by atoms with van der Waals surface area (Å²) in [4.78, 5) is 10.0. The molecule has 0 heterocycles. The van der Waals surface area contributed by atoms with Crippen LogP contribution >= 0.6 is 0 Å². The van der Waals surface area contributed by atoms with Gasteiger partial charge in [-0.15, -0.1) is 0 Å². The standard InChI is InChI=1S/C6H12O9S/c7-1-3(8)5(10)6(11)4(9)2-15-16(12,13)14/h1,3-6,8-11H,2H2,(H,12,13,14)/t3-,4-,5-,6-/m1/s1. The predicted molar refractivity (Wildman–Crippen MR) is 47.6 cm³/mol. The maximum Gasteiger partial charge on any atom is 0.397 e. The molecule has 5 N–H and O–H groups in total. The van der Waals surface area contributed by atoms with Crippen LogP contribution in [0.25, 0.3) is 0 Å². The van der Waals surface area contributed by atoms with Crippen LogP contribution in [0.15, 0.2) is 0 Å². The SMILES string of the molecule is O=C[C@@H](O)[C@@H](O)[C@H](O)[C@H](O)COS(=O)(=O)O. The first-order valence-corrected chi connectivity index (χ1v) is 5.35. The van der Waals surface area contributed by atoms with E-state index in [0.717, 1.165) is 0 Å². The average Bonchev–Trinajstić information content (AvgIpc) is 2.21. The van der Waals surface area contributed by atoms with E-state index in [4.69, 9.17) is 25.0 Å². The van der Waals surface area contributed by atoms with E-state index in [9.17, 15) is 13.2 Å². The molecule has 10 heteroatoms. The summed E-state index contributed by atoms with van der Waals surface area (Å²) < 4.78 is 32.0. The molecule has 0 aliphatic rings. The van der Waals surface area contributed by atoms with Crippen LogP contribution in [0.5, 0.6) is 0 Å². The minimum Gasteiger partial charge on any atom is -0.388 e. The highest BCUT2D eigenvalue weighted by molar-refractivity contribution is 7.80. The van der Waals surface area contributed by atoms with Crippen LogP contribution < -0.4 is 0 Å². The molecule has 9 nitrogen and oxygen atoms in total. The van der Waals surface area contributed by atoms with Gasteiger partial charge < -0.3 is 25.2 Å². The molecule has 4 atom stereocenters. The van der Waals surface area contributed by atoms with E-state index < -0.39 is 41.4 Å². The number of carbonyl (C=O) groups is 1. The molecule has 0 aromatic heterocycles. The fourth-order valence-corrected chi connectivity index (χ4v) is 1.08. The number of aldehydes is 1. The molecule has 96 valence electrons. The van der Waals surface area contributed by atoms with Crippen LogP contribution in [-0.4, -0.2) is 70.7 Å². The summed E-state index contributed by atoms with van der Waals surface area (Å²) in [5.74, 6) is 0. The van der Waals surface area contributed by atoms with Gasteiger partial charge in [-0.25, -0.2) is 4.18 Å². The van der Waals surface area contributed by atoms with Gasteiger partial charge in [-0.05, 0) is 0 Å². The molecular weight excluding hydrogens is 248 g/mol. The lowest BCUT2D eigenvalue weighted by atomic mass is 10.0. The lowest BCUT2D eigenvalue weighted by Gasteiger charge is -2.23. The van der Waals surface area contributed by atoms with Gasteiger partial charge in [0.1, 0.15) is 24.4 Å². The molecule has 0 aromatic rings. The van der Waals surface area contributed by atoms with Crippen molar-refractivity contribution in [3.63, 3.8) is 0 Å². The Morgan fingerprint density at radius 2 is 1.62 bits per heavy atom. The zero-order valence-electron chi connectivity index (χ0n) is 7.87. The van der Waals surface area contributed by atoms with E-state index in [2.05, 4.69) is 4.18 Å². The van der Waals surface area contributed by atoms with Crippen molar-refractivity contribution < 1.29 is 42.4 Å². The molecule has 0 aliphatic carbocycles. The molecule has 0 saturated carbocycles. The van der Waals surface area contributed by atoms with E-state index in [1.807, 2.05) is 0 Å². The summed E-state index contributed by atoms with van der Waals surface area (Å²) >= 11 is 0. The molecule has 0 spiro atoms. The summed E-state index contributed by atoms with van der Waals surface area (Å²) in [5.41, 5.74) is 0. The lowest BCUT2D eigenvalue weighted by Crippen LogP contribution is -2.46. The van der Waals surface area contributed by atoms with Crippen molar-refractivity contribution in [1.82, 2.24) is 0 Å². The summed E-state index contributed by atoms with van der Waals surface area (Å²) in [7, 11) is -4.79. The van der Waals surface area contributed by atoms with Crippen molar-refractivity contribution in [2.24, 2.45) is 0 Å². The van der Waals surface area contributed by atoms with E-state index in [-0.39, 0.29) is 6.29 Å². The minimum absolute atomic E-state index is 0.0791. The Labute approximate surface area is 90.9 Å². The van der Waals surface area contributed by atoms with E-state index in [0.29, 0.717) is 0 Å². The highest BCUT2D eigenvalue weighted by atomic mass is 32.3. The van der Waals surface area contributed by atoms with Crippen LogP contribution in [0, 0.1) is 0 Å². The molecule has 0 rings (SSSR count). The molecule has 0 radical (unpaired) electrons. The van der Waals surface area contributed by atoms with Gasteiger partial charge in [-0.1, -0.05) is 0 Å². The molecule has 0 fully saturated rings. The van der Waals surface area contributed by atoms with Gasteiger partial charge in [0.05, 0.1) is 6.61 Å². The van der Waals surface area contributed by atoms with Crippen LogP contribution in [0.2, 0.25) is 0 Å². The second-order valence-electron chi connectivity index (χ2n) is 2.89. The van der Waals surface area contributed by atoms with Crippen molar-refractivity contribution in [2.45, 2.75) is 24.4 Å². The Kier molecular flexibility index (Phi) is 5.96. The number of aliphatic hydroxyl groups is 4. The Balaban J connectivity index is 4.27. The third-order valence-electron chi connectivity index (χ3n) is 1.62. The first kappa shape index (κ1) is 15.4. The van der Waals surface area contributed by atoms with Gasteiger partial charge in [0.25, 0.3) is 0 Å². The average molecular weight is 260 g/mol. The zero-order chi connectivity index (χ0) is 12.9. The normalized spacial score (nSPS) is 19.8. The van der Waals surface area contributed by atoms with Gasteiger partial charge in [0.15, 0.2) is 6.29 Å². The number of aliphatic hydroxyl groups excluding tert-OH is 4.